The molecule has 1 heterocycles. The van der Waals surface area contributed by atoms with Crippen LogP contribution in [0.5, 0.6) is 5.75 Å². The largest absolute Gasteiger partial charge is 0.492 e. The molecule has 6 nitrogen and oxygen atoms in total. The number of carbonyl (C=O) groups excluding carboxylic acids is 3. The summed E-state index contributed by atoms with van der Waals surface area (Å²) >= 11 is 18.2. The third kappa shape index (κ3) is 3.85. The number of carbonyl (C=O) groups is 3. The van der Waals surface area contributed by atoms with E-state index >= 15 is 0 Å². The van der Waals surface area contributed by atoms with Crippen molar-refractivity contribution in [2.45, 2.75) is 6.92 Å². The minimum Gasteiger partial charge on any atom is -0.492 e. The van der Waals surface area contributed by atoms with E-state index in [1.807, 2.05) is 6.92 Å². The van der Waals surface area contributed by atoms with Gasteiger partial charge >= 0.3 is 6.03 Å². The second-order valence-electron chi connectivity index (χ2n) is 5.65. The Balaban J connectivity index is 2.01. The SMILES string of the molecule is CCOc1ccc(/C=C2\C(=O)NC(=O)N(c3cccc(Cl)c3Cl)C2=O)cc1Cl. The van der Waals surface area contributed by atoms with Crippen LogP contribution in [0.25, 0.3) is 6.08 Å². The number of anilines is 1. The second-order valence-corrected chi connectivity index (χ2v) is 6.85. The highest BCUT2D eigenvalue weighted by atomic mass is 35.5. The summed E-state index contributed by atoms with van der Waals surface area (Å²) in [5, 5.41) is 2.63. The number of urea groups is 1. The fraction of sp³-hybridized carbons (Fsp3) is 0.105. The van der Waals surface area contributed by atoms with Gasteiger partial charge in [-0.3, -0.25) is 14.9 Å². The molecule has 9 heteroatoms. The number of amides is 4. The molecule has 1 N–H and O–H groups in total. The van der Waals surface area contributed by atoms with E-state index in [2.05, 4.69) is 5.32 Å². The van der Waals surface area contributed by atoms with Crippen molar-refractivity contribution < 1.29 is 19.1 Å². The minimum atomic E-state index is -0.916. The summed E-state index contributed by atoms with van der Waals surface area (Å²) in [5.41, 5.74) is 0.300. The van der Waals surface area contributed by atoms with Gasteiger partial charge in [0, 0.05) is 0 Å². The van der Waals surface area contributed by atoms with Gasteiger partial charge < -0.3 is 4.74 Å². The Morgan fingerprint density at radius 2 is 1.82 bits per heavy atom. The van der Waals surface area contributed by atoms with Gasteiger partial charge in [0.2, 0.25) is 0 Å². The van der Waals surface area contributed by atoms with Gasteiger partial charge in [0.15, 0.2) is 0 Å². The molecule has 0 saturated carbocycles. The first-order valence-corrected chi connectivity index (χ1v) is 9.24. The molecule has 144 valence electrons. The normalized spacial score (nSPS) is 15.8. The minimum absolute atomic E-state index is 0.0190. The fourth-order valence-corrected chi connectivity index (χ4v) is 3.21. The summed E-state index contributed by atoms with van der Waals surface area (Å²) in [5.74, 6) is -1.18. The summed E-state index contributed by atoms with van der Waals surface area (Å²) in [6.45, 7) is 2.27. The van der Waals surface area contributed by atoms with Crippen molar-refractivity contribution >= 4 is 64.4 Å². The number of rotatable bonds is 4. The molecule has 0 spiro atoms. The Labute approximate surface area is 175 Å². The predicted octanol–water partition coefficient (Wildman–Crippen LogP) is 4.71. The Morgan fingerprint density at radius 3 is 2.50 bits per heavy atom. The zero-order valence-electron chi connectivity index (χ0n) is 14.5. The molecular weight excluding hydrogens is 427 g/mol. The molecule has 0 aliphatic carbocycles. The van der Waals surface area contributed by atoms with Crippen molar-refractivity contribution in [1.29, 1.82) is 0 Å². The second kappa shape index (κ2) is 8.22. The summed E-state index contributed by atoms with van der Waals surface area (Å²) in [4.78, 5) is 38.1. The smallest absolute Gasteiger partial charge is 0.336 e. The van der Waals surface area contributed by atoms with Crippen molar-refractivity contribution in [2.75, 3.05) is 11.5 Å². The zero-order chi connectivity index (χ0) is 20.4. The molecule has 28 heavy (non-hydrogen) atoms. The fourth-order valence-electron chi connectivity index (χ4n) is 2.59. The van der Waals surface area contributed by atoms with Crippen LogP contribution >= 0.6 is 34.8 Å². The van der Waals surface area contributed by atoms with Crippen LogP contribution in [-0.4, -0.2) is 24.5 Å². The van der Waals surface area contributed by atoms with E-state index in [0.717, 1.165) is 4.90 Å². The number of imide groups is 2. The van der Waals surface area contributed by atoms with Crippen LogP contribution in [0, 0.1) is 0 Å². The number of barbiturate groups is 1. The standard InChI is InChI=1S/C19H13Cl3N2O4/c1-2-28-15-7-6-10(9-13(15)21)8-11-17(25)23-19(27)24(18(11)26)14-5-3-4-12(20)16(14)22/h3-9H,2H2,1H3,(H,23,25,27)/b11-8+. The molecule has 0 aromatic heterocycles. The summed E-state index contributed by atoms with van der Waals surface area (Å²) in [6, 6.07) is 8.40. The number of nitrogens with zero attached hydrogens (tertiary/aromatic N) is 1. The van der Waals surface area contributed by atoms with Crippen LogP contribution in [0.3, 0.4) is 0 Å². The lowest BCUT2D eigenvalue weighted by Crippen LogP contribution is -2.54. The molecule has 0 bridgehead atoms. The van der Waals surface area contributed by atoms with E-state index in [0.29, 0.717) is 22.9 Å². The maximum atomic E-state index is 12.9. The molecule has 0 radical (unpaired) electrons. The average Bonchev–Trinajstić information content (AvgIpc) is 2.64. The topological polar surface area (TPSA) is 75.7 Å². The van der Waals surface area contributed by atoms with Crippen LogP contribution in [-0.2, 0) is 9.59 Å². The van der Waals surface area contributed by atoms with E-state index in [1.165, 1.54) is 24.3 Å². The third-order valence-electron chi connectivity index (χ3n) is 3.84. The Hall–Kier alpha value is -2.54. The first kappa shape index (κ1) is 20.2. The molecule has 2 aromatic carbocycles. The lowest BCUT2D eigenvalue weighted by atomic mass is 10.1. The molecular formula is C19H13Cl3N2O4. The molecule has 2 aromatic rings. The monoisotopic (exact) mass is 438 g/mol. The molecule has 0 atom stereocenters. The van der Waals surface area contributed by atoms with Crippen molar-refractivity contribution in [3.63, 3.8) is 0 Å². The Bertz CT molecular complexity index is 1020. The number of nitrogens with one attached hydrogen (secondary N) is 1. The zero-order valence-corrected chi connectivity index (χ0v) is 16.7. The van der Waals surface area contributed by atoms with Gasteiger partial charge in [-0.05, 0) is 42.8 Å². The van der Waals surface area contributed by atoms with Gasteiger partial charge in [-0.2, -0.15) is 0 Å². The molecule has 0 unspecified atom stereocenters. The quantitative estimate of drug-likeness (QED) is 0.553. The van der Waals surface area contributed by atoms with Crippen LogP contribution in [0.4, 0.5) is 10.5 Å². The van der Waals surface area contributed by atoms with Crippen LogP contribution in [0.2, 0.25) is 15.1 Å². The van der Waals surface area contributed by atoms with E-state index in [1.54, 1.807) is 18.2 Å². The average molecular weight is 440 g/mol. The number of hydrogen-bond donors (Lipinski definition) is 1. The van der Waals surface area contributed by atoms with Crippen LogP contribution in [0.1, 0.15) is 12.5 Å². The number of benzene rings is 2. The van der Waals surface area contributed by atoms with Crippen molar-refractivity contribution in [2.24, 2.45) is 0 Å². The molecule has 1 fully saturated rings. The highest BCUT2D eigenvalue weighted by Crippen LogP contribution is 2.34. The number of ether oxygens (including phenoxy) is 1. The van der Waals surface area contributed by atoms with E-state index in [9.17, 15) is 14.4 Å². The van der Waals surface area contributed by atoms with E-state index < -0.39 is 17.8 Å². The summed E-state index contributed by atoms with van der Waals surface area (Å²) in [6.07, 6.45) is 1.33. The Kier molecular flexibility index (Phi) is 5.93. The lowest BCUT2D eigenvalue weighted by molar-refractivity contribution is -0.122. The number of hydrogen-bond acceptors (Lipinski definition) is 4. The molecule has 3 rings (SSSR count). The van der Waals surface area contributed by atoms with Crippen molar-refractivity contribution in [3.8, 4) is 5.75 Å². The van der Waals surface area contributed by atoms with Crippen LogP contribution < -0.4 is 15.0 Å². The summed E-state index contributed by atoms with van der Waals surface area (Å²) in [7, 11) is 0. The van der Waals surface area contributed by atoms with E-state index in [-0.39, 0.29) is 21.3 Å². The predicted molar refractivity (Wildman–Crippen MR) is 108 cm³/mol. The highest BCUT2D eigenvalue weighted by molar-refractivity contribution is 6.46. The summed E-state index contributed by atoms with van der Waals surface area (Å²) < 4.78 is 5.36. The van der Waals surface area contributed by atoms with Crippen molar-refractivity contribution in [1.82, 2.24) is 5.32 Å². The first-order chi connectivity index (χ1) is 13.3. The third-order valence-corrected chi connectivity index (χ3v) is 4.94. The van der Waals surface area contributed by atoms with Gasteiger partial charge in [0.05, 0.1) is 27.4 Å². The molecule has 4 amide bonds. The Morgan fingerprint density at radius 1 is 1.07 bits per heavy atom. The number of halogens is 3. The lowest BCUT2D eigenvalue weighted by Gasteiger charge is -2.27. The maximum Gasteiger partial charge on any atom is 0.336 e. The highest BCUT2D eigenvalue weighted by Gasteiger charge is 2.38. The molecule has 1 saturated heterocycles. The van der Waals surface area contributed by atoms with Crippen molar-refractivity contribution in [3.05, 3.63) is 62.6 Å². The van der Waals surface area contributed by atoms with Gasteiger partial charge in [-0.15, -0.1) is 0 Å². The maximum absolute atomic E-state index is 12.9. The van der Waals surface area contributed by atoms with Gasteiger partial charge in [-0.1, -0.05) is 46.9 Å². The van der Waals surface area contributed by atoms with E-state index in [4.69, 9.17) is 39.5 Å². The molecule has 1 aliphatic rings. The van der Waals surface area contributed by atoms with Gasteiger partial charge in [0.25, 0.3) is 11.8 Å². The first-order valence-electron chi connectivity index (χ1n) is 8.11. The van der Waals surface area contributed by atoms with Gasteiger partial charge in [0.1, 0.15) is 11.3 Å². The molecule has 1 aliphatic heterocycles. The van der Waals surface area contributed by atoms with Crippen LogP contribution in [0.15, 0.2) is 42.0 Å². The van der Waals surface area contributed by atoms with Gasteiger partial charge in [-0.25, -0.2) is 9.69 Å².